The van der Waals surface area contributed by atoms with Crippen molar-refractivity contribution in [1.29, 1.82) is 0 Å². The lowest BCUT2D eigenvalue weighted by atomic mass is 9.98. The first-order valence-electron chi connectivity index (χ1n) is 6.19. The van der Waals surface area contributed by atoms with Gasteiger partial charge in [-0.05, 0) is 36.9 Å². The number of halogens is 3. The van der Waals surface area contributed by atoms with Crippen LogP contribution in [-0.2, 0) is 6.54 Å². The van der Waals surface area contributed by atoms with Gasteiger partial charge in [-0.25, -0.2) is 8.78 Å². The van der Waals surface area contributed by atoms with Gasteiger partial charge in [-0.15, -0.1) is 12.4 Å². The van der Waals surface area contributed by atoms with Gasteiger partial charge in [0.1, 0.15) is 0 Å². The van der Waals surface area contributed by atoms with Crippen molar-refractivity contribution >= 4 is 12.4 Å². The number of hydrogen-bond acceptors (Lipinski definition) is 1. The molecule has 1 nitrogen and oxygen atoms in total. The van der Waals surface area contributed by atoms with Crippen LogP contribution in [0, 0.1) is 0 Å². The molecule has 2 rings (SSSR count). The first kappa shape index (κ1) is 16.6. The molecule has 108 valence electrons. The predicted octanol–water partition coefficient (Wildman–Crippen LogP) is 4.77. The van der Waals surface area contributed by atoms with Crippen LogP contribution in [0.5, 0.6) is 0 Å². The molecule has 0 N–H and O–H groups in total. The smallest absolute Gasteiger partial charge is 0.263 e. The van der Waals surface area contributed by atoms with E-state index in [4.69, 9.17) is 0 Å². The summed E-state index contributed by atoms with van der Waals surface area (Å²) in [6, 6.07) is 14.5. The first-order chi connectivity index (χ1) is 9.08. The molecule has 0 heterocycles. The summed E-state index contributed by atoms with van der Waals surface area (Å²) in [6.07, 6.45) is -2.43. The molecule has 0 aliphatic rings. The lowest BCUT2D eigenvalue weighted by Gasteiger charge is -2.14. The second kappa shape index (κ2) is 7.36. The van der Waals surface area contributed by atoms with E-state index in [1.165, 1.54) is 6.07 Å². The van der Waals surface area contributed by atoms with Gasteiger partial charge in [0, 0.05) is 12.1 Å². The maximum atomic E-state index is 12.8. The summed E-state index contributed by atoms with van der Waals surface area (Å²) < 4.78 is 25.5. The molecule has 0 aromatic heterocycles. The third-order valence-corrected chi connectivity index (χ3v) is 2.95. The van der Waals surface area contributed by atoms with E-state index >= 15 is 0 Å². The van der Waals surface area contributed by atoms with E-state index in [0.717, 1.165) is 23.2 Å². The van der Waals surface area contributed by atoms with Gasteiger partial charge in [-0.1, -0.05) is 42.5 Å². The van der Waals surface area contributed by atoms with E-state index in [-0.39, 0.29) is 18.0 Å². The SMILES string of the molecule is CN(C)Cc1ccccc1-c1cccc(C(F)F)c1.Cl. The highest BCUT2D eigenvalue weighted by Crippen LogP contribution is 2.28. The standard InChI is InChI=1S/C16H17F2N.ClH/c1-19(2)11-14-6-3-4-9-15(14)12-7-5-8-13(10-12)16(17)18;/h3-10,16H,11H2,1-2H3;1H. The lowest BCUT2D eigenvalue weighted by Crippen LogP contribution is -2.11. The molecule has 0 unspecified atom stereocenters. The number of rotatable bonds is 4. The Morgan fingerprint density at radius 2 is 1.70 bits per heavy atom. The fourth-order valence-corrected chi connectivity index (χ4v) is 2.12. The van der Waals surface area contributed by atoms with Gasteiger partial charge >= 0.3 is 0 Å². The predicted molar refractivity (Wildman–Crippen MR) is 81.5 cm³/mol. The van der Waals surface area contributed by atoms with Crippen LogP contribution in [0.15, 0.2) is 48.5 Å². The van der Waals surface area contributed by atoms with Gasteiger partial charge in [0.05, 0.1) is 0 Å². The van der Waals surface area contributed by atoms with E-state index < -0.39 is 6.43 Å². The minimum atomic E-state index is -2.43. The monoisotopic (exact) mass is 297 g/mol. The molecule has 2 aromatic rings. The van der Waals surface area contributed by atoms with Crippen LogP contribution < -0.4 is 0 Å². The highest BCUT2D eigenvalue weighted by molar-refractivity contribution is 5.85. The van der Waals surface area contributed by atoms with Crippen molar-refractivity contribution in [2.24, 2.45) is 0 Å². The average Bonchev–Trinajstić information content (AvgIpc) is 2.39. The van der Waals surface area contributed by atoms with Crippen LogP contribution in [0.25, 0.3) is 11.1 Å². The molecule has 0 amide bonds. The Hall–Kier alpha value is -1.45. The Labute approximate surface area is 124 Å². The molecule has 4 heteroatoms. The van der Waals surface area contributed by atoms with Gasteiger partial charge in [-0.2, -0.15) is 0 Å². The summed E-state index contributed by atoms with van der Waals surface area (Å²) in [5.41, 5.74) is 3.06. The van der Waals surface area contributed by atoms with Crippen molar-refractivity contribution in [2.45, 2.75) is 13.0 Å². The molecule has 0 saturated heterocycles. The van der Waals surface area contributed by atoms with Gasteiger partial charge in [0.15, 0.2) is 0 Å². The van der Waals surface area contributed by atoms with E-state index in [1.807, 2.05) is 44.4 Å². The molecule has 0 radical (unpaired) electrons. The number of hydrogen-bond donors (Lipinski definition) is 0. The van der Waals surface area contributed by atoms with Gasteiger partial charge in [-0.3, -0.25) is 0 Å². The van der Waals surface area contributed by atoms with E-state index in [0.29, 0.717) is 0 Å². The van der Waals surface area contributed by atoms with Crippen LogP contribution in [0.2, 0.25) is 0 Å². The molecule has 0 bridgehead atoms. The molecular formula is C16H18ClF2N. The average molecular weight is 298 g/mol. The van der Waals surface area contributed by atoms with Crippen LogP contribution >= 0.6 is 12.4 Å². The fraction of sp³-hybridized carbons (Fsp3) is 0.250. The summed E-state index contributed by atoms with van der Waals surface area (Å²) >= 11 is 0. The summed E-state index contributed by atoms with van der Waals surface area (Å²) in [6.45, 7) is 0.787. The van der Waals surface area contributed by atoms with Crippen molar-refractivity contribution in [3.8, 4) is 11.1 Å². The van der Waals surface area contributed by atoms with Crippen LogP contribution in [0.4, 0.5) is 8.78 Å². The topological polar surface area (TPSA) is 3.24 Å². The van der Waals surface area contributed by atoms with Crippen LogP contribution in [0.3, 0.4) is 0 Å². The Morgan fingerprint density at radius 3 is 2.35 bits per heavy atom. The highest BCUT2D eigenvalue weighted by Gasteiger charge is 2.10. The van der Waals surface area contributed by atoms with Crippen LogP contribution in [-0.4, -0.2) is 19.0 Å². The Balaban J connectivity index is 0.00000200. The third-order valence-electron chi connectivity index (χ3n) is 2.95. The summed E-state index contributed by atoms with van der Waals surface area (Å²) in [5, 5.41) is 0. The minimum absolute atomic E-state index is 0. The highest BCUT2D eigenvalue weighted by atomic mass is 35.5. The van der Waals surface area contributed by atoms with Crippen molar-refractivity contribution in [3.05, 3.63) is 59.7 Å². The minimum Gasteiger partial charge on any atom is -0.305 e. The van der Waals surface area contributed by atoms with E-state index in [1.54, 1.807) is 12.1 Å². The second-order valence-electron chi connectivity index (χ2n) is 4.82. The summed E-state index contributed by atoms with van der Waals surface area (Å²) in [5.74, 6) is 0. The number of benzene rings is 2. The summed E-state index contributed by atoms with van der Waals surface area (Å²) in [4.78, 5) is 2.07. The molecule has 0 spiro atoms. The van der Waals surface area contributed by atoms with Gasteiger partial charge < -0.3 is 4.90 Å². The van der Waals surface area contributed by atoms with E-state index in [2.05, 4.69) is 4.90 Å². The molecule has 0 atom stereocenters. The normalized spacial score (nSPS) is 10.7. The molecule has 0 aliphatic carbocycles. The zero-order valence-electron chi connectivity index (χ0n) is 11.5. The fourth-order valence-electron chi connectivity index (χ4n) is 2.12. The van der Waals surface area contributed by atoms with Crippen molar-refractivity contribution in [3.63, 3.8) is 0 Å². The largest absolute Gasteiger partial charge is 0.305 e. The zero-order chi connectivity index (χ0) is 13.8. The molecule has 0 fully saturated rings. The van der Waals surface area contributed by atoms with Gasteiger partial charge in [0.25, 0.3) is 6.43 Å². The Bertz CT molecular complexity index is 556. The van der Waals surface area contributed by atoms with Crippen molar-refractivity contribution in [2.75, 3.05) is 14.1 Å². The van der Waals surface area contributed by atoms with Gasteiger partial charge in [0.2, 0.25) is 0 Å². The Kier molecular flexibility index (Phi) is 6.11. The maximum Gasteiger partial charge on any atom is 0.263 e. The molecular weight excluding hydrogens is 280 g/mol. The van der Waals surface area contributed by atoms with Crippen molar-refractivity contribution < 1.29 is 8.78 Å². The number of alkyl halides is 2. The zero-order valence-corrected chi connectivity index (χ0v) is 12.3. The number of nitrogens with zero attached hydrogens (tertiary/aromatic N) is 1. The molecule has 0 aliphatic heterocycles. The third kappa shape index (κ3) is 4.02. The second-order valence-corrected chi connectivity index (χ2v) is 4.82. The lowest BCUT2D eigenvalue weighted by molar-refractivity contribution is 0.151. The summed E-state index contributed by atoms with van der Waals surface area (Å²) in [7, 11) is 3.98. The molecule has 2 aromatic carbocycles. The van der Waals surface area contributed by atoms with E-state index in [9.17, 15) is 8.78 Å². The van der Waals surface area contributed by atoms with Crippen molar-refractivity contribution in [1.82, 2.24) is 4.90 Å². The first-order valence-corrected chi connectivity index (χ1v) is 6.19. The quantitative estimate of drug-likeness (QED) is 0.785. The maximum absolute atomic E-state index is 12.8. The molecule has 0 saturated carbocycles. The molecule has 20 heavy (non-hydrogen) atoms. The Morgan fingerprint density at radius 1 is 1.00 bits per heavy atom. The van der Waals surface area contributed by atoms with Crippen LogP contribution in [0.1, 0.15) is 17.6 Å².